The highest BCUT2D eigenvalue weighted by Crippen LogP contribution is 2.11. The third kappa shape index (κ3) is 7.29. The van der Waals surface area contributed by atoms with Crippen molar-refractivity contribution in [3.05, 3.63) is 65.7 Å². The van der Waals surface area contributed by atoms with Crippen LogP contribution in [0, 0.1) is 6.92 Å². The maximum Gasteiger partial charge on any atom is 0.220 e. The van der Waals surface area contributed by atoms with Crippen molar-refractivity contribution < 1.29 is 14.3 Å². The maximum absolute atomic E-state index is 11.7. The van der Waals surface area contributed by atoms with E-state index in [0.717, 1.165) is 11.3 Å². The minimum absolute atomic E-state index is 0.0332. The number of carbonyl (C=O) groups is 1. The van der Waals surface area contributed by atoms with E-state index >= 15 is 0 Å². The first kappa shape index (κ1) is 18.0. The minimum Gasteiger partial charge on any atom is -0.494 e. The third-order valence-electron chi connectivity index (χ3n) is 3.52. The van der Waals surface area contributed by atoms with Crippen LogP contribution >= 0.6 is 0 Å². The van der Waals surface area contributed by atoms with Crippen molar-refractivity contribution in [2.45, 2.75) is 26.4 Å². The second kappa shape index (κ2) is 10.4. The Morgan fingerprint density at radius 2 is 1.75 bits per heavy atom. The van der Waals surface area contributed by atoms with Crippen molar-refractivity contribution >= 4 is 5.91 Å². The molecule has 4 heteroatoms. The molecule has 0 radical (unpaired) electrons. The molecule has 2 rings (SSSR count). The van der Waals surface area contributed by atoms with Gasteiger partial charge in [-0.05, 0) is 31.0 Å². The summed E-state index contributed by atoms with van der Waals surface area (Å²) < 4.78 is 11.1. The molecule has 0 fully saturated rings. The predicted octanol–water partition coefficient (Wildman–Crippen LogP) is 3.49. The van der Waals surface area contributed by atoms with E-state index in [4.69, 9.17) is 9.47 Å². The van der Waals surface area contributed by atoms with Crippen LogP contribution in [0.5, 0.6) is 5.75 Å². The Hall–Kier alpha value is -2.33. The molecule has 0 unspecified atom stereocenters. The largest absolute Gasteiger partial charge is 0.494 e. The second-order valence-corrected chi connectivity index (χ2v) is 5.65. The summed E-state index contributed by atoms with van der Waals surface area (Å²) in [6, 6.07) is 17.9. The third-order valence-corrected chi connectivity index (χ3v) is 3.52. The van der Waals surface area contributed by atoms with Crippen LogP contribution in [-0.2, 0) is 16.1 Å². The number of amides is 1. The molecule has 2 aromatic rings. The first-order valence-electron chi connectivity index (χ1n) is 8.32. The second-order valence-electron chi connectivity index (χ2n) is 5.65. The Balaban J connectivity index is 1.47. The van der Waals surface area contributed by atoms with Crippen LogP contribution in [-0.4, -0.2) is 25.7 Å². The monoisotopic (exact) mass is 327 g/mol. The summed E-state index contributed by atoms with van der Waals surface area (Å²) in [6.45, 7) is 4.20. The van der Waals surface area contributed by atoms with E-state index in [-0.39, 0.29) is 5.91 Å². The quantitative estimate of drug-likeness (QED) is 0.680. The smallest absolute Gasteiger partial charge is 0.220 e. The number of ether oxygens (including phenoxy) is 2. The lowest BCUT2D eigenvalue weighted by Gasteiger charge is -2.08. The molecule has 0 bridgehead atoms. The summed E-state index contributed by atoms with van der Waals surface area (Å²) in [6.07, 6.45) is 1.16. The Morgan fingerprint density at radius 1 is 1.00 bits per heavy atom. The molecule has 0 atom stereocenters. The van der Waals surface area contributed by atoms with Gasteiger partial charge < -0.3 is 14.8 Å². The van der Waals surface area contributed by atoms with Crippen LogP contribution in [0.25, 0.3) is 0 Å². The van der Waals surface area contributed by atoms with Crippen molar-refractivity contribution in [3.63, 3.8) is 0 Å². The van der Waals surface area contributed by atoms with Crippen molar-refractivity contribution in [1.82, 2.24) is 5.32 Å². The topological polar surface area (TPSA) is 47.6 Å². The van der Waals surface area contributed by atoms with Crippen LogP contribution in [0.15, 0.2) is 54.6 Å². The van der Waals surface area contributed by atoms with Gasteiger partial charge in [-0.1, -0.05) is 48.0 Å². The fraction of sp³-hybridized carbons (Fsp3) is 0.350. The Labute approximate surface area is 143 Å². The highest BCUT2D eigenvalue weighted by Gasteiger charge is 2.01. The van der Waals surface area contributed by atoms with Gasteiger partial charge >= 0.3 is 0 Å². The summed E-state index contributed by atoms with van der Waals surface area (Å²) in [7, 11) is 0. The molecule has 128 valence electrons. The lowest BCUT2D eigenvalue weighted by Crippen LogP contribution is -2.27. The molecular formula is C20H25NO3. The summed E-state index contributed by atoms with van der Waals surface area (Å²) in [5.41, 5.74) is 2.34. The standard InChI is InChI=1S/C20H25NO3/c1-17-9-11-19(12-10-17)24-14-5-8-20(22)21-13-15-23-16-18-6-3-2-4-7-18/h2-4,6-7,9-12H,5,8,13-16H2,1H3,(H,21,22). The van der Waals surface area contributed by atoms with Gasteiger partial charge in [0.1, 0.15) is 5.75 Å². The molecule has 0 aliphatic heterocycles. The zero-order chi connectivity index (χ0) is 17.0. The fourth-order valence-corrected chi connectivity index (χ4v) is 2.17. The van der Waals surface area contributed by atoms with E-state index < -0.39 is 0 Å². The first-order chi connectivity index (χ1) is 11.7. The summed E-state index contributed by atoms with van der Waals surface area (Å²) >= 11 is 0. The van der Waals surface area contributed by atoms with Crippen LogP contribution in [0.4, 0.5) is 0 Å². The van der Waals surface area contributed by atoms with Gasteiger partial charge in [-0.2, -0.15) is 0 Å². The first-order valence-corrected chi connectivity index (χ1v) is 8.32. The zero-order valence-electron chi connectivity index (χ0n) is 14.2. The fourth-order valence-electron chi connectivity index (χ4n) is 2.17. The molecule has 0 saturated heterocycles. The van der Waals surface area contributed by atoms with E-state index in [2.05, 4.69) is 5.32 Å². The highest BCUT2D eigenvalue weighted by molar-refractivity contribution is 5.75. The van der Waals surface area contributed by atoms with Crippen LogP contribution in [0.2, 0.25) is 0 Å². The molecule has 0 saturated carbocycles. The number of hydrogen-bond donors (Lipinski definition) is 1. The van der Waals surface area contributed by atoms with Gasteiger partial charge in [0.15, 0.2) is 0 Å². The van der Waals surface area contributed by atoms with Gasteiger partial charge in [0.05, 0.1) is 19.8 Å². The van der Waals surface area contributed by atoms with Crippen LogP contribution in [0.1, 0.15) is 24.0 Å². The Bertz CT molecular complexity index is 596. The normalized spacial score (nSPS) is 10.4. The van der Waals surface area contributed by atoms with Crippen molar-refractivity contribution in [1.29, 1.82) is 0 Å². The molecule has 0 aliphatic carbocycles. The van der Waals surface area contributed by atoms with E-state index in [1.54, 1.807) is 0 Å². The highest BCUT2D eigenvalue weighted by atomic mass is 16.5. The van der Waals surface area contributed by atoms with Gasteiger partial charge in [-0.15, -0.1) is 0 Å². The zero-order valence-corrected chi connectivity index (χ0v) is 14.2. The minimum atomic E-state index is 0.0332. The lowest BCUT2D eigenvalue weighted by atomic mass is 10.2. The Kier molecular flexibility index (Phi) is 7.84. The molecule has 1 N–H and O–H groups in total. The molecule has 0 heterocycles. The molecule has 24 heavy (non-hydrogen) atoms. The summed E-state index contributed by atoms with van der Waals surface area (Å²) in [4.78, 5) is 11.7. The number of benzene rings is 2. The van der Waals surface area contributed by atoms with Crippen molar-refractivity contribution in [2.75, 3.05) is 19.8 Å². The molecule has 2 aromatic carbocycles. The predicted molar refractivity (Wildman–Crippen MR) is 95.0 cm³/mol. The average Bonchev–Trinajstić information content (AvgIpc) is 2.61. The number of rotatable bonds is 10. The number of carbonyl (C=O) groups excluding carboxylic acids is 1. The van der Waals surface area contributed by atoms with Gasteiger partial charge in [0, 0.05) is 13.0 Å². The van der Waals surface area contributed by atoms with Gasteiger partial charge in [-0.25, -0.2) is 0 Å². The maximum atomic E-state index is 11.7. The number of aryl methyl sites for hydroxylation is 1. The average molecular weight is 327 g/mol. The molecule has 0 spiro atoms. The Morgan fingerprint density at radius 3 is 2.50 bits per heavy atom. The molecular weight excluding hydrogens is 302 g/mol. The van der Waals surface area contributed by atoms with E-state index in [0.29, 0.717) is 39.2 Å². The lowest BCUT2D eigenvalue weighted by molar-refractivity contribution is -0.121. The van der Waals surface area contributed by atoms with Crippen LogP contribution < -0.4 is 10.1 Å². The molecule has 4 nitrogen and oxygen atoms in total. The number of hydrogen-bond acceptors (Lipinski definition) is 3. The van der Waals surface area contributed by atoms with E-state index in [1.165, 1.54) is 5.56 Å². The number of nitrogens with one attached hydrogen (secondary N) is 1. The van der Waals surface area contributed by atoms with Crippen molar-refractivity contribution in [2.24, 2.45) is 0 Å². The van der Waals surface area contributed by atoms with E-state index in [9.17, 15) is 4.79 Å². The van der Waals surface area contributed by atoms with Gasteiger partial charge in [0.2, 0.25) is 5.91 Å². The summed E-state index contributed by atoms with van der Waals surface area (Å²) in [5.74, 6) is 0.876. The van der Waals surface area contributed by atoms with Crippen LogP contribution in [0.3, 0.4) is 0 Å². The summed E-state index contributed by atoms with van der Waals surface area (Å²) in [5, 5.41) is 2.86. The molecule has 0 aliphatic rings. The van der Waals surface area contributed by atoms with Gasteiger partial charge in [0.25, 0.3) is 0 Å². The molecule has 1 amide bonds. The van der Waals surface area contributed by atoms with Gasteiger partial charge in [-0.3, -0.25) is 4.79 Å². The van der Waals surface area contributed by atoms with E-state index in [1.807, 2.05) is 61.5 Å². The van der Waals surface area contributed by atoms with Crippen molar-refractivity contribution in [3.8, 4) is 5.75 Å². The SMILES string of the molecule is Cc1ccc(OCCCC(=O)NCCOCc2ccccc2)cc1. The molecule has 0 aromatic heterocycles.